The number of hydrogen-bond acceptors (Lipinski definition) is 21. The molecule has 2 bridgehead atoms. The number of ether oxygens (including phenoxy) is 9. The smallest absolute Gasteiger partial charge is 0.187 e. The molecule has 430 valence electrons. The largest absolute Gasteiger partial charge is 0.396 e. The van der Waals surface area contributed by atoms with Crippen molar-refractivity contribution in [3.05, 3.63) is 12.2 Å². The van der Waals surface area contributed by atoms with Gasteiger partial charge in [0.25, 0.3) is 0 Å². The summed E-state index contributed by atoms with van der Waals surface area (Å²) in [7, 11) is 0. The van der Waals surface area contributed by atoms with Gasteiger partial charge in [-0.3, -0.25) is 0 Å². The molecule has 10 rings (SSSR count). The first kappa shape index (κ1) is 57.1. The van der Waals surface area contributed by atoms with Crippen LogP contribution in [0.4, 0.5) is 0 Å². The van der Waals surface area contributed by atoms with Crippen molar-refractivity contribution in [2.24, 2.45) is 50.2 Å². The average Bonchev–Trinajstić information content (AvgIpc) is 3.62. The van der Waals surface area contributed by atoms with Gasteiger partial charge in [-0.1, -0.05) is 53.7 Å². The molecule has 0 aromatic heterocycles. The lowest BCUT2D eigenvalue weighted by Gasteiger charge is -2.73. The van der Waals surface area contributed by atoms with Crippen LogP contribution in [0.25, 0.3) is 0 Å². The summed E-state index contributed by atoms with van der Waals surface area (Å²) in [4.78, 5) is 0. The summed E-state index contributed by atoms with van der Waals surface area (Å²) in [6.45, 7) is 16.1. The maximum atomic E-state index is 12.0. The highest BCUT2D eigenvalue weighted by Crippen LogP contribution is 2.79. The second kappa shape index (κ2) is 20.1. The molecule has 0 aromatic rings. The van der Waals surface area contributed by atoms with E-state index in [1.54, 1.807) is 0 Å². The third kappa shape index (κ3) is 8.64. The molecule has 0 radical (unpaired) electrons. The second-order valence-electron chi connectivity index (χ2n) is 26.5. The van der Waals surface area contributed by atoms with E-state index >= 15 is 0 Å². The molecule has 5 aliphatic carbocycles. The van der Waals surface area contributed by atoms with E-state index in [4.69, 9.17) is 42.6 Å². The zero-order chi connectivity index (χ0) is 54.3. The zero-order valence-electron chi connectivity index (χ0n) is 44.7. The van der Waals surface area contributed by atoms with Gasteiger partial charge in [0.05, 0.1) is 50.3 Å². The monoisotopic (exact) mass is 1070 g/mol. The highest BCUT2D eigenvalue weighted by Gasteiger charge is 2.77. The number of aliphatic hydroxyl groups excluding tert-OH is 12. The van der Waals surface area contributed by atoms with Gasteiger partial charge in [-0.25, -0.2) is 0 Å². The third-order valence-corrected chi connectivity index (χ3v) is 22.1. The van der Waals surface area contributed by atoms with Gasteiger partial charge < -0.3 is 104 Å². The minimum absolute atomic E-state index is 0.0152. The first-order chi connectivity index (χ1) is 35.2. The van der Waals surface area contributed by atoms with Crippen LogP contribution in [-0.2, 0) is 42.6 Å². The van der Waals surface area contributed by atoms with Crippen molar-refractivity contribution >= 4 is 0 Å². The van der Waals surface area contributed by atoms with Crippen molar-refractivity contribution in [1.82, 2.24) is 0 Å². The molecular formula is C54H88O21. The normalized spacial score (nSPS) is 58.3. The molecule has 21 nitrogen and oxygen atoms in total. The summed E-state index contributed by atoms with van der Waals surface area (Å²) in [6, 6.07) is 0. The number of hydrogen-bond donors (Lipinski definition) is 12. The summed E-state index contributed by atoms with van der Waals surface area (Å²) in [5.74, 6) is 0.626. The van der Waals surface area contributed by atoms with Crippen LogP contribution in [0.1, 0.15) is 113 Å². The van der Waals surface area contributed by atoms with Gasteiger partial charge in [-0.15, -0.1) is 0 Å². The van der Waals surface area contributed by atoms with Gasteiger partial charge in [-0.05, 0) is 105 Å². The van der Waals surface area contributed by atoms with Crippen LogP contribution < -0.4 is 0 Å². The molecule has 9 fully saturated rings. The summed E-state index contributed by atoms with van der Waals surface area (Å²) in [5.41, 5.74) is -1.14. The Hall–Kier alpha value is -1.10. The van der Waals surface area contributed by atoms with Crippen molar-refractivity contribution in [3.63, 3.8) is 0 Å². The van der Waals surface area contributed by atoms with Gasteiger partial charge in [0.15, 0.2) is 25.2 Å². The Morgan fingerprint density at radius 2 is 1.09 bits per heavy atom. The fourth-order valence-corrected chi connectivity index (χ4v) is 17.1. The maximum Gasteiger partial charge on any atom is 0.187 e. The van der Waals surface area contributed by atoms with Crippen molar-refractivity contribution in [1.29, 1.82) is 0 Å². The molecule has 5 aliphatic heterocycles. The highest BCUT2D eigenvalue weighted by atomic mass is 16.8. The van der Waals surface area contributed by atoms with E-state index in [0.717, 1.165) is 38.7 Å². The molecule has 4 saturated carbocycles. The van der Waals surface area contributed by atoms with Crippen LogP contribution >= 0.6 is 0 Å². The first-order valence-corrected chi connectivity index (χ1v) is 27.7. The van der Waals surface area contributed by atoms with E-state index in [-0.39, 0.29) is 51.1 Å². The van der Waals surface area contributed by atoms with Crippen LogP contribution in [0.2, 0.25) is 0 Å². The van der Waals surface area contributed by atoms with E-state index in [1.165, 1.54) is 33.1 Å². The fraction of sp³-hybridized carbons (Fsp3) is 0.963. The Bertz CT molecular complexity index is 2070. The van der Waals surface area contributed by atoms with Crippen LogP contribution in [0, 0.1) is 50.2 Å². The van der Waals surface area contributed by atoms with Crippen molar-refractivity contribution in [2.45, 2.75) is 248 Å². The van der Waals surface area contributed by atoms with Gasteiger partial charge in [-0.2, -0.15) is 0 Å². The molecule has 0 aromatic carbocycles. The van der Waals surface area contributed by atoms with E-state index in [0.29, 0.717) is 12.3 Å². The molecule has 30 atom stereocenters. The predicted octanol–water partition coefficient (Wildman–Crippen LogP) is -0.518. The maximum absolute atomic E-state index is 12.0. The quantitative estimate of drug-likeness (QED) is 0.0915. The highest BCUT2D eigenvalue weighted by molar-refractivity contribution is 5.35. The Labute approximate surface area is 439 Å². The van der Waals surface area contributed by atoms with Crippen LogP contribution in [0.15, 0.2) is 12.2 Å². The van der Waals surface area contributed by atoms with E-state index in [9.17, 15) is 61.3 Å². The third-order valence-electron chi connectivity index (χ3n) is 22.1. The minimum atomic E-state index is -1.98. The lowest BCUT2D eigenvalue weighted by molar-refractivity contribution is -0.405. The molecule has 12 N–H and O–H groups in total. The van der Waals surface area contributed by atoms with E-state index in [2.05, 4.69) is 46.8 Å². The van der Waals surface area contributed by atoms with Gasteiger partial charge in [0, 0.05) is 16.7 Å². The summed E-state index contributed by atoms with van der Waals surface area (Å²) in [5, 5.41) is 132. The molecule has 0 unspecified atom stereocenters. The van der Waals surface area contributed by atoms with E-state index in [1.807, 2.05) is 6.92 Å². The minimum Gasteiger partial charge on any atom is -0.396 e. The van der Waals surface area contributed by atoms with Crippen molar-refractivity contribution in [2.75, 3.05) is 26.4 Å². The van der Waals surface area contributed by atoms with Crippen LogP contribution in [0.3, 0.4) is 0 Å². The Morgan fingerprint density at radius 3 is 1.77 bits per heavy atom. The molecule has 10 aliphatic rings. The van der Waals surface area contributed by atoms with E-state index < -0.39 is 148 Å². The Balaban J connectivity index is 0.881. The number of rotatable bonds is 11. The lowest BCUT2D eigenvalue weighted by atomic mass is 9.32. The lowest BCUT2D eigenvalue weighted by Crippen LogP contribution is -2.71. The van der Waals surface area contributed by atoms with Crippen molar-refractivity contribution in [3.8, 4) is 0 Å². The van der Waals surface area contributed by atoms with Crippen molar-refractivity contribution < 1.29 is 104 Å². The fourth-order valence-electron chi connectivity index (χ4n) is 17.1. The molecule has 5 heterocycles. The molecule has 0 amide bonds. The summed E-state index contributed by atoms with van der Waals surface area (Å²) in [6.07, 6.45) is -20.1. The topological polar surface area (TPSA) is 326 Å². The van der Waals surface area contributed by atoms with Gasteiger partial charge in [0.2, 0.25) is 0 Å². The molecule has 21 heteroatoms. The average molecular weight is 1070 g/mol. The van der Waals surface area contributed by atoms with Crippen LogP contribution in [-0.4, -0.2) is 222 Å². The standard InChI is InChI=1S/C54H88O21/c1-24-32(58)35(61)38(64)44(68-24)74-42-33(59)25(2)69-47(43(42)75-46-39(65)36(62)34(60)26(20-55)70-46)73-41-27(21-56)71-45(40(66)37(41)63)72-31-11-12-49(5)28(50(31,6)22-57)9-13-51(7)29(49)10-14-54-30-19-48(3,4)15-17-53(30,23-67-54)18-16-52(51,54)8/h10,14,24-47,55-66H,9,11-13,15-23H2,1-8H3/t24-,25+,26+,27+,28+,29+,30+,31-,32-,33-,34+,35+,36-,37+,38+,39+,40+,41+,42-,43+,44-,45-,46-,47-,49-,50-,51+,52-,53+,54-/m0/s1. The molecule has 1 spiro atoms. The Morgan fingerprint density at radius 1 is 0.520 bits per heavy atom. The Kier molecular flexibility index (Phi) is 15.3. The molecule has 5 saturated heterocycles. The number of allylic oxidation sites excluding steroid dienone is 1. The molecular weight excluding hydrogens is 985 g/mol. The SMILES string of the molecule is C[C@@H]1O[C@@H](O[C@H]2[C@@H](O)[C@@H](C)O[C@@H](O[C@H]3[C@H](O)[C@@H](O)[C@H](O[C@H]4CC[C@@]5(C)[C@@H](CC[C@]6(C)[C@@H]5C=C[C@]57OC[C@@]8(CCC(C)(C)C[C@H]85)CC[C@]76C)[C@]4(C)CO)O[C@@H]3CO)[C@@H]2O[C@@H]2O[C@H](CO)[C@@H](O)[C@H](O)[C@H]2O)[C@H](O)[C@H](O)[C@H]1O. The molecule has 75 heavy (non-hydrogen) atoms. The number of aliphatic hydroxyl groups is 12. The van der Waals surface area contributed by atoms with Gasteiger partial charge >= 0.3 is 0 Å². The number of fused-ring (bicyclic) bond motifs is 4. The van der Waals surface area contributed by atoms with Gasteiger partial charge in [0.1, 0.15) is 85.5 Å². The predicted molar refractivity (Wildman–Crippen MR) is 259 cm³/mol. The van der Waals surface area contributed by atoms with Crippen LogP contribution in [0.5, 0.6) is 0 Å². The second-order valence-corrected chi connectivity index (χ2v) is 26.5. The zero-order valence-corrected chi connectivity index (χ0v) is 44.7. The summed E-state index contributed by atoms with van der Waals surface area (Å²) >= 11 is 0. The summed E-state index contributed by atoms with van der Waals surface area (Å²) < 4.78 is 56.2. The first-order valence-electron chi connectivity index (χ1n) is 27.7.